The number of likely N-dealkylation sites (N-methyl/N-ethyl adjacent to an activating group) is 1. The van der Waals surface area contributed by atoms with Crippen LogP contribution >= 0.6 is 7.82 Å². The van der Waals surface area contributed by atoms with Crippen molar-refractivity contribution in [1.29, 1.82) is 0 Å². The van der Waals surface area contributed by atoms with E-state index in [1.807, 2.05) is 47.0 Å². The Balaban J connectivity index is 1.81. The summed E-state index contributed by atoms with van der Waals surface area (Å²) in [5.74, 6) is -2.72. The molecule has 18 heteroatoms. The second-order valence-corrected chi connectivity index (χ2v) is 11.6. The highest BCUT2D eigenvalue weighted by Crippen LogP contribution is 2.35. The van der Waals surface area contributed by atoms with E-state index in [2.05, 4.69) is 20.6 Å². The van der Waals surface area contributed by atoms with Gasteiger partial charge in [0.1, 0.15) is 12.1 Å². The van der Waals surface area contributed by atoms with Gasteiger partial charge in [-0.1, -0.05) is 18.2 Å². The number of phosphoric ester groups is 1. The maximum absolute atomic E-state index is 12.9. The van der Waals surface area contributed by atoms with E-state index in [0.717, 1.165) is 21.5 Å². The molecule has 2 unspecified atom stereocenters. The molecule has 0 saturated heterocycles. The van der Waals surface area contributed by atoms with Crippen molar-refractivity contribution in [3.05, 3.63) is 36.0 Å². The first-order chi connectivity index (χ1) is 21.7. The number of para-hydroxylation sites is 1. The third kappa shape index (κ3) is 13.5. The number of phosphoric acid groups is 1. The van der Waals surface area contributed by atoms with Crippen LogP contribution in [0.4, 0.5) is 0 Å². The van der Waals surface area contributed by atoms with E-state index in [1.165, 1.54) is 14.0 Å². The molecule has 17 nitrogen and oxygen atoms in total. The molecule has 1 heterocycles. The molecule has 0 aliphatic rings. The fourth-order valence-corrected chi connectivity index (χ4v) is 4.57. The lowest BCUT2D eigenvalue weighted by atomic mass is 10.2. The number of rotatable bonds is 22. The van der Waals surface area contributed by atoms with Crippen molar-refractivity contribution in [3.63, 3.8) is 0 Å². The number of benzene rings is 1. The maximum atomic E-state index is 12.9. The third-order valence-electron chi connectivity index (χ3n) is 7.01. The number of nitrogens with one attached hydrogen (secondary N) is 3. The Kier molecular flexibility index (Phi) is 16.3. The normalized spacial score (nSPS) is 13.0. The number of hydrazine groups is 1. The summed E-state index contributed by atoms with van der Waals surface area (Å²) < 4.78 is 28.5. The fourth-order valence-electron chi connectivity index (χ4n) is 4.23. The number of hydrogen-bond donors (Lipinski definition) is 6. The molecule has 1 aromatic carbocycles. The molecule has 2 aromatic rings. The van der Waals surface area contributed by atoms with Gasteiger partial charge in [0.2, 0.25) is 17.7 Å². The lowest BCUT2D eigenvalue weighted by Crippen LogP contribution is -2.50. The van der Waals surface area contributed by atoms with Crippen LogP contribution in [-0.4, -0.2) is 126 Å². The lowest BCUT2D eigenvalue weighted by molar-refractivity contribution is -0.148. The lowest BCUT2D eigenvalue weighted by Gasteiger charge is -2.21. The van der Waals surface area contributed by atoms with Gasteiger partial charge in [0.05, 0.1) is 46.0 Å². The van der Waals surface area contributed by atoms with E-state index >= 15 is 0 Å². The van der Waals surface area contributed by atoms with Crippen molar-refractivity contribution < 1.29 is 52.6 Å². The number of fused-ring (bicyclic) bond motifs is 1. The van der Waals surface area contributed by atoms with Crippen molar-refractivity contribution in [1.82, 2.24) is 30.5 Å². The van der Waals surface area contributed by atoms with Crippen LogP contribution in [0, 0.1) is 0 Å². The standard InChI is InChI=1S/C28H45N6O11P/c1-20(28(38)39)33(4)26(36)10-13-43-15-16-44-14-11-30-27(37)23(19-45-46(40,41)42)31-25(35)9-12-34-22(18-32(3)29-2)17-21-7-5-6-8-24(21)34/h5-8,17,20,23,29H,9-16,18-19H2,1-4H3,(H,30,37)(H,31,35)(H,38,39)(H2,40,41,42). The molecule has 0 aliphatic carbocycles. The molecule has 2 rings (SSSR count). The second-order valence-electron chi connectivity index (χ2n) is 10.4. The second kappa shape index (κ2) is 19.3. The summed E-state index contributed by atoms with van der Waals surface area (Å²) in [7, 11) is 0.171. The number of carbonyl (C=O) groups is 4. The topological polar surface area (TPSA) is 221 Å². The molecule has 46 heavy (non-hydrogen) atoms. The number of ether oxygens (including phenoxy) is 2. The minimum atomic E-state index is -4.91. The summed E-state index contributed by atoms with van der Waals surface area (Å²) in [6.07, 6.45) is -0.0109. The van der Waals surface area contributed by atoms with E-state index in [1.54, 1.807) is 7.05 Å². The SMILES string of the molecule is CNN(C)Cc1cc2ccccc2n1CCC(=O)NC(COP(=O)(O)O)C(=O)NCCOCCOCCC(=O)N(C)C(C)C(=O)O. The molecular formula is C28H45N6O11P. The number of aliphatic carboxylic acids is 1. The van der Waals surface area contributed by atoms with E-state index in [4.69, 9.17) is 24.4 Å². The van der Waals surface area contributed by atoms with Gasteiger partial charge < -0.3 is 44.5 Å². The quantitative estimate of drug-likeness (QED) is 0.0536. The molecule has 0 aliphatic heterocycles. The summed E-state index contributed by atoms with van der Waals surface area (Å²) in [5, 5.41) is 16.9. The van der Waals surface area contributed by atoms with Crippen LogP contribution < -0.4 is 16.1 Å². The van der Waals surface area contributed by atoms with Crippen molar-refractivity contribution in [2.45, 2.75) is 44.9 Å². The maximum Gasteiger partial charge on any atom is 0.469 e. The van der Waals surface area contributed by atoms with Crippen LogP contribution in [0.3, 0.4) is 0 Å². The largest absolute Gasteiger partial charge is 0.480 e. The van der Waals surface area contributed by atoms with Crippen molar-refractivity contribution >= 4 is 42.4 Å². The predicted octanol–water partition coefficient (Wildman–Crippen LogP) is -0.337. The van der Waals surface area contributed by atoms with Crippen molar-refractivity contribution in [3.8, 4) is 0 Å². The molecule has 0 radical (unpaired) electrons. The zero-order valence-corrected chi connectivity index (χ0v) is 27.4. The highest BCUT2D eigenvalue weighted by atomic mass is 31.2. The molecule has 258 valence electrons. The van der Waals surface area contributed by atoms with Gasteiger partial charge in [0.15, 0.2) is 0 Å². The van der Waals surface area contributed by atoms with Crippen LogP contribution in [0.15, 0.2) is 30.3 Å². The molecule has 1 aromatic heterocycles. The Hall–Kier alpha value is -3.41. The van der Waals surface area contributed by atoms with Crippen LogP contribution in [0.1, 0.15) is 25.5 Å². The number of hydrogen-bond acceptors (Lipinski definition) is 10. The van der Waals surface area contributed by atoms with Crippen LogP contribution in [-0.2, 0) is 50.8 Å². The average molecular weight is 673 g/mol. The van der Waals surface area contributed by atoms with E-state index < -0.39 is 44.3 Å². The van der Waals surface area contributed by atoms with Gasteiger partial charge in [-0.05, 0) is 31.5 Å². The van der Waals surface area contributed by atoms with Crippen LogP contribution in [0.25, 0.3) is 10.9 Å². The zero-order valence-electron chi connectivity index (χ0n) is 26.5. The highest BCUT2D eigenvalue weighted by Gasteiger charge is 2.26. The summed E-state index contributed by atoms with van der Waals surface area (Å²) in [4.78, 5) is 68.0. The number of nitrogens with zero attached hydrogens (tertiary/aromatic N) is 3. The first-order valence-corrected chi connectivity index (χ1v) is 16.1. The molecule has 0 bridgehead atoms. The molecule has 3 amide bonds. The smallest absolute Gasteiger partial charge is 0.469 e. The van der Waals surface area contributed by atoms with Crippen molar-refractivity contribution in [2.24, 2.45) is 0 Å². The van der Waals surface area contributed by atoms with Crippen LogP contribution in [0.2, 0.25) is 0 Å². The average Bonchev–Trinajstić information content (AvgIpc) is 3.35. The monoisotopic (exact) mass is 672 g/mol. The van der Waals surface area contributed by atoms with Gasteiger partial charge in [-0.25, -0.2) is 14.4 Å². The molecule has 0 saturated carbocycles. The molecule has 2 atom stereocenters. The van der Waals surface area contributed by atoms with E-state index in [9.17, 15) is 23.7 Å². The Morgan fingerprint density at radius 2 is 1.70 bits per heavy atom. The number of aromatic nitrogens is 1. The minimum absolute atomic E-state index is 0.00480. The number of carboxylic acid groups (broad SMARTS) is 1. The van der Waals surface area contributed by atoms with E-state index in [-0.39, 0.29) is 51.7 Å². The first kappa shape index (κ1) is 38.8. The molecule has 6 N–H and O–H groups in total. The molecular weight excluding hydrogens is 627 g/mol. The number of carbonyl (C=O) groups excluding carboxylic acids is 3. The summed E-state index contributed by atoms with van der Waals surface area (Å²) >= 11 is 0. The van der Waals surface area contributed by atoms with Gasteiger partial charge in [-0.3, -0.25) is 24.3 Å². The Morgan fingerprint density at radius 1 is 1.02 bits per heavy atom. The fraction of sp³-hybridized carbons (Fsp3) is 0.571. The van der Waals surface area contributed by atoms with E-state index in [0.29, 0.717) is 13.1 Å². The Bertz CT molecular complexity index is 1350. The molecule has 0 fully saturated rings. The van der Waals surface area contributed by atoms with Gasteiger partial charge in [-0.2, -0.15) is 0 Å². The Labute approximate surface area is 267 Å². The predicted molar refractivity (Wildman–Crippen MR) is 166 cm³/mol. The first-order valence-electron chi connectivity index (χ1n) is 14.6. The van der Waals surface area contributed by atoms with Crippen molar-refractivity contribution in [2.75, 3.05) is 60.7 Å². The number of carboxylic acids is 1. The van der Waals surface area contributed by atoms with Gasteiger partial charge >= 0.3 is 13.8 Å². The molecule has 0 spiro atoms. The summed E-state index contributed by atoms with van der Waals surface area (Å²) in [5.41, 5.74) is 4.94. The number of aryl methyl sites for hydroxylation is 1. The highest BCUT2D eigenvalue weighted by molar-refractivity contribution is 7.46. The van der Waals surface area contributed by atoms with Crippen LogP contribution in [0.5, 0.6) is 0 Å². The van der Waals surface area contributed by atoms with Gasteiger partial charge in [0.25, 0.3) is 0 Å². The number of amides is 3. The third-order valence-corrected chi connectivity index (χ3v) is 7.50. The summed E-state index contributed by atoms with van der Waals surface area (Å²) in [6, 6.07) is 7.45. The Morgan fingerprint density at radius 3 is 2.35 bits per heavy atom. The van der Waals surface area contributed by atoms with Gasteiger partial charge in [0, 0.05) is 44.8 Å². The van der Waals surface area contributed by atoms with Gasteiger partial charge in [-0.15, -0.1) is 0 Å². The minimum Gasteiger partial charge on any atom is -0.480 e. The summed E-state index contributed by atoms with van der Waals surface area (Å²) in [6.45, 7) is 1.97. The zero-order chi connectivity index (χ0) is 34.3.